The van der Waals surface area contributed by atoms with Crippen LogP contribution in [0.15, 0.2) is 30.9 Å². The summed E-state index contributed by atoms with van der Waals surface area (Å²) in [6.45, 7) is 5.13. The molecule has 0 spiro atoms. The molecule has 0 saturated carbocycles. The highest BCUT2D eigenvalue weighted by Gasteiger charge is 2.05. The van der Waals surface area contributed by atoms with E-state index in [4.69, 9.17) is 0 Å². The van der Waals surface area contributed by atoms with E-state index in [1.54, 1.807) is 12.4 Å². The van der Waals surface area contributed by atoms with Gasteiger partial charge in [-0.25, -0.2) is 4.98 Å². The molecule has 4 nitrogen and oxygen atoms in total. The Bertz CT molecular complexity index is 462. The zero-order valence-electron chi connectivity index (χ0n) is 9.64. The van der Waals surface area contributed by atoms with E-state index in [1.807, 2.05) is 23.0 Å². The lowest BCUT2D eigenvalue weighted by Gasteiger charge is -2.10. The van der Waals surface area contributed by atoms with Gasteiger partial charge in [0.15, 0.2) is 0 Å². The molecule has 2 rings (SSSR count). The largest absolute Gasteiger partial charge is 0.355 e. The zero-order valence-corrected chi connectivity index (χ0v) is 9.64. The standard InChI is InChI=1S/C12H16N4/c1-3-5-14-12-15-7-8-16(12)11-9-13-6-4-10(11)2/h4,6-9H,3,5H2,1-2H3,(H,14,15). The van der Waals surface area contributed by atoms with Crippen molar-refractivity contribution in [1.29, 1.82) is 0 Å². The molecule has 0 aliphatic carbocycles. The van der Waals surface area contributed by atoms with Crippen LogP contribution >= 0.6 is 0 Å². The van der Waals surface area contributed by atoms with Crippen LogP contribution in [-0.4, -0.2) is 21.1 Å². The van der Waals surface area contributed by atoms with Gasteiger partial charge in [0, 0.05) is 25.1 Å². The number of aromatic nitrogens is 3. The molecule has 4 heteroatoms. The van der Waals surface area contributed by atoms with Gasteiger partial charge >= 0.3 is 0 Å². The molecule has 2 heterocycles. The van der Waals surface area contributed by atoms with Gasteiger partial charge in [-0.1, -0.05) is 6.92 Å². The molecule has 0 unspecified atom stereocenters. The van der Waals surface area contributed by atoms with E-state index in [0.717, 1.165) is 24.6 Å². The van der Waals surface area contributed by atoms with Crippen LogP contribution in [0.1, 0.15) is 18.9 Å². The Morgan fingerprint density at radius 3 is 3.00 bits per heavy atom. The fourth-order valence-electron chi connectivity index (χ4n) is 1.57. The molecule has 0 aromatic carbocycles. The molecule has 1 N–H and O–H groups in total. The normalized spacial score (nSPS) is 10.4. The summed E-state index contributed by atoms with van der Waals surface area (Å²) in [5.74, 6) is 0.873. The number of anilines is 1. The predicted molar refractivity (Wildman–Crippen MR) is 64.9 cm³/mol. The summed E-state index contributed by atoms with van der Waals surface area (Å²) < 4.78 is 2.03. The lowest BCUT2D eigenvalue weighted by Crippen LogP contribution is -2.07. The third-order valence-corrected chi connectivity index (χ3v) is 2.44. The molecule has 0 aliphatic heterocycles. The van der Waals surface area contributed by atoms with E-state index in [1.165, 1.54) is 5.56 Å². The van der Waals surface area contributed by atoms with Crippen LogP contribution in [0.5, 0.6) is 0 Å². The highest BCUT2D eigenvalue weighted by molar-refractivity contribution is 5.44. The van der Waals surface area contributed by atoms with Crippen LogP contribution in [-0.2, 0) is 0 Å². The molecule has 0 amide bonds. The van der Waals surface area contributed by atoms with Gasteiger partial charge in [0.2, 0.25) is 5.95 Å². The molecular formula is C12H16N4. The molecule has 0 bridgehead atoms. The Kier molecular flexibility index (Phi) is 3.19. The summed E-state index contributed by atoms with van der Waals surface area (Å²) in [7, 11) is 0. The van der Waals surface area contributed by atoms with Gasteiger partial charge in [0.25, 0.3) is 0 Å². The van der Waals surface area contributed by atoms with Crippen LogP contribution in [0.4, 0.5) is 5.95 Å². The minimum atomic E-state index is 0.873. The van der Waals surface area contributed by atoms with E-state index < -0.39 is 0 Å². The summed E-state index contributed by atoms with van der Waals surface area (Å²) in [5, 5.41) is 3.29. The molecule has 2 aromatic heterocycles. The van der Waals surface area contributed by atoms with Crippen molar-refractivity contribution in [2.75, 3.05) is 11.9 Å². The number of hydrogen-bond acceptors (Lipinski definition) is 3. The fourth-order valence-corrected chi connectivity index (χ4v) is 1.57. The predicted octanol–water partition coefficient (Wildman–Crippen LogP) is 2.40. The third kappa shape index (κ3) is 2.05. The van der Waals surface area contributed by atoms with Crippen molar-refractivity contribution < 1.29 is 0 Å². The van der Waals surface area contributed by atoms with Crippen molar-refractivity contribution in [3.8, 4) is 5.69 Å². The van der Waals surface area contributed by atoms with E-state index in [0.29, 0.717) is 0 Å². The fraction of sp³-hybridized carbons (Fsp3) is 0.333. The smallest absolute Gasteiger partial charge is 0.207 e. The van der Waals surface area contributed by atoms with E-state index in [-0.39, 0.29) is 0 Å². The van der Waals surface area contributed by atoms with Gasteiger partial charge in [-0.2, -0.15) is 0 Å². The maximum Gasteiger partial charge on any atom is 0.207 e. The van der Waals surface area contributed by atoms with Crippen molar-refractivity contribution in [2.45, 2.75) is 20.3 Å². The second-order valence-corrected chi connectivity index (χ2v) is 3.71. The minimum Gasteiger partial charge on any atom is -0.355 e. The van der Waals surface area contributed by atoms with Gasteiger partial charge in [-0.3, -0.25) is 9.55 Å². The average molecular weight is 216 g/mol. The Balaban J connectivity index is 2.33. The van der Waals surface area contributed by atoms with Crippen molar-refractivity contribution in [3.63, 3.8) is 0 Å². The summed E-state index contributed by atoms with van der Waals surface area (Å²) in [6.07, 6.45) is 8.48. The van der Waals surface area contributed by atoms with Gasteiger partial charge in [0.1, 0.15) is 0 Å². The van der Waals surface area contributed by atoms with Crippen molar-refractivity contribution in [1.82, 2.24) is 14.5 Å². The number of imidazole rings is 1. The van der Waals surface area contributed by atoms with Crippen molar-refractivity contribution in [2.24, 2.45) is 0 Å². The molecule has 0 radical (unpaired) electrons. The number of nitrogens with one attached hydrogen (secondary N) is 1. The molecule has 16 heavy (non-hydrogen) atoms. The number of pyridine rings is 1. The van der Waals surface area contributed by atoms with Gasteiger partial charge < -0.3 is 5.32 Å². The first-order valence-electron chi connectivity index (χ1n) is 5.51. The maximum atomic E-state index is 4.30. The highest BCUT2D eigenvalue weighted by atomic mass is 15.2. The monoisotopic (exact) mass is 216 g/mol. The molecule has 0 fully saturated rings. The maximum absolute atomic E-state index is 4.30. The van der Waals surface area contributed by atoms with E-state index >= 15 is 0 Å². The second-order valence-electron chi connectivity index (χ2n) is 3.71. The first-order valence-corrected chi connectivity index (χ1v) is 5.51. The first kappa shape index (κ1) is 10.7. The first-order chi connectivity index (χ1) is 7.83. The Morgan fingerprint density at radius 1 is 1.38 bits per heavy atom. The van der Waals surface area contributed by atoms with E-state index in [2.05, 4.69) is 29.1 Å². The number of nitrogens with zero attached hydrogens (tertiary/aromatic N) is 3. The minimum absolute atomic E-state index is 0.873. The summed E-state index contributed by atoms with van der Waals surface area (Å²) in [4.78, 5) is 8.44. The van der Waals surface area contributed by atoms with Gasteiger partial charge in [-0.05, 0) is 25.0 Å². The Labute approximate surface area is 95.4 Å². The molecular weight excluding hydrogens is 200 g/mol. The van der Waals surface area contributed by atoms with Crippen LogP contribution in [0.2, 0.25) is 0 Å². The number of hydrogen-bond donors (Lipinski definition) is 1. The SMILES string of the molecule is CCCNc1nccn1-c1cnccc1C. The van der Waals surface area contributed by atoms with Crippen LogP contribution in [0.25, 0.3) is 5.69 Å². The van der Waals surface area contributed by atoms with Gasteiger partial charge in [0.05, 0.1) is 11.9 Å². The Hall–Kier alpha value is -1.84. The third-order valence-electron chi connectivity index (χ3n) is 2.44. The summed E-state index contributed by atoms with van der Waals surface area (Å²) >= 11 is 0. The number of aryl methyl sites for hydroxylation is 1. The molecule has 0 saturated heterocycles. The molecule has 2 aromatic rings. The van der Waals surface area contributed by atoms with Crippen LogP contribution in [0.3, 0.4) is 0 Å². The highest BCUT2D eigenvalue weighted by Crippen LogP contribution is 2.16. The summed E-state index contributed by atoms with van der Waals surface area (Å²) in [6, 6.07) is 2.00. The van der Waals surface area contributed by atoms with Crippen molar-refractivity contribution in [3.05, 3.63) is 36.4 Å². The van der Waals surface area contributed by atoms with Crippen LogP contribution < -0.4 is 5.32 Å². The number of rotatable bonds is 4. The lowest BCUT2D eigenvalue weighted by atomic mass is 10.2. The topological polar surface area (TPSA) is 42.7 Å². The second kappa shape index (κ2) is 4.79. The van der Waals surface area contributed by atoms with E-state index in [9.17, 15) is 0 Å². The molecule has 0 aliphatic rings. The quantitative estimate of drug-likeness (QED) is 0.853. The average Bonchev–Trinajstić information content (AvgIpc) is 2.75. The van der Waals surface area contributed by atoms with Gasteiger partial charge in [-0.15, -0.1) is 0 Å². The zero-order chi connectivity index (χ0) is 11.4. The lowest BCUT2D eigenvalue weighted by molar-refractivity contribution is 0.931. The molecule has 0 atom stereocenters. The summed E-state index contributed by atoms with van der Waals surface area (Å²) in [5.41, 5.74) is 2.26. The van der Waals surface area contributed by atoms with Crippen molar-refractivity contribution >= 4 is 5.95 Å². The molecule has 84 valence electrons. The Morgan fingerprint density at radius 2 is 2.25 bits per heavy atom. The van der Waals surface area contributed by atoms with Crippen LogP contribution in [0, 0.1) is 6.92 Å².